The highest BCUT2D eigenvalue weighted by atomic mass is 35.5. The summed E-state index contributed by atoms with van der Waals surface area (Å²) < 4.78 is 0. The van der Waals surface area contributed by atoms with Crippen molar-refractivity contribution >= 4 is 51.3 Å². The molecule has 1 N–H and O–H groups in total. The first-order chi connectivity index (χ1) is 15.5. The Balaban J connectivity index is 1.54. The number of phenols is 1. The topological polar surface area (TPSA) is 126 Å². The summed E-state index contributed by atoms with van der Waals surface area (Å²) in [5.41, 5.74) is 1.63. The number of hydrogen-bond acceptors (Lipinski definition) is 9. The molecule has 32 heavy (non-hydrogen) atoms. The second-order valence-electron chi connectivity index (χ2n) is 6.32. The van der Waals surface area contributed by atoms with Gasteiger partial charge in [-0.3, -0.25) is 10.1 Å². The molecular formula is C21H13ClN6O3S. The average Bonchev–Trinajstić information content (AvgIpc) is 3.28. The summed E-state index contributed by atoms with van der Waals surface area (Å²) in [7, 11) is 0. The molecule has 0 spiro atoms. The van der Waals surface area contributed by atoms with Crippen LogP contribution in [0.15, 0.2) is 82.0 Å². The van der Waals surface area contributed by atoms with E-state index in [2.05, 4.69) is 25.4 Å². The van der Waals surface area contributed by atoms with E-state index in [9.17, 15) is 15.2 Å². The number of nitrogens with zero attached hydrogens (tertiary/aromatic N) is 6. The normalized spacial score (nSPS) is 11.4. The standard InChI is InChI=1S/C21H13ClN6O3S/c22-16-11-15(28(30)31)9-10-17(16)24-25-18-8-4-7-14(19(18)29)12-23-21-27-26-20(32-21)13-5-2-1-3-6-13/h1-12,29H/b23-12+,25-24?. The maximum atomic E-state index is 10.8. The molecule has 0 atom stereocenters. The largest absolute Gasteiger partial charge is 0.505 e. The van der Waals surface area contributed by atoms with Gasteiger partial charge in [-0.25, -0.2) is 4.99 Å². The third kappa shape index (κ3) is 4.82. The lowest BCUT2D eigenvalue weighted by Gasteiger charge is -2.02. The predicted octanol–water partition coefficient (Wildman–Crippen LogP) is 6.64. The number of aromatic hydroxyl groups is 1. The van der Waals surface area contributed by atoms with Crippen molar-refractivity contribution in [3.8, 4) is 16.3 Å². The first kappa shape index (κ1) is 21.2. The second kappa shape index (κ2) is 9.41. The number of hydrogen-bond donors (Lipinski definition) is 1. The van der Waals surface area contributed by atoms with Crippen LogP contribution < -0.4 is 0 Å². The number of nitro groups is 1. The summed E-state index contributed by atoms with van der Waals surface area (Å²) in [4.78, 5) is 14.5. The molecule has 3 aromatic carbocycles. The van der Waals surface area contributed by atoms with Crippen LogP contribution in [0.25, 0.3) is 10.6 Å². The Morgan fingerprint density at radius 2 is 1.78 bits per heavy atom. The predicted molar refractivity (Wildman–Crippen MR) is 123 cm³/mol. The lowest BCUT2D eigenvalue weighted by atomic mass is 10.2. The molecule has 0 amide bonds. The molecule has 9 nitrogen and oxygen atoms in total. The smallest absolute Gasteiger partial charge is 0.271 e. The van der Waals surface area contributed by atoms with Crippen LogP contribution >= 0.6 is 22.9 Å². The molecule has 0 unspecified atom stereocenters. The molecule has 4 aromatic rings. The van der Waals surface area contributed by atoms with Gasteiger partial charge in [0.05, 0.1) is 9.95 Å². The maximum absolute atomic E-state index is 10.8. The average molecular weight is 465 g/mol. The summed E-state index contributed by atoms with van der Waals surface area (Å²) in [5, 5.41) is 38.7. The van der Waals surface area contributed by atoms with Gasteiger partial charge >= 0.3 is 0 Å². The lowest BCUT2D eigenvalue weighted by molar-refractivity contribution is -0.384. The number of halogens is 1. The molecule has 0 aliphatic heterocycles. The van der Waals surface area contributed by atoms with Gasteiger partial charge in [-0.1, -0.05) is 59.3 Å². The third-order valence-electron chi connectivity index (χ3n) is 4.20. The van der Waals surface area contributed by atoms with Gasteiger partial charge in [0, 0.05) is 29.5 Å². The number of phenolic OH excluding ortho intramolecular Hbond substituents is 1. The zero-order chi connectivity index (χ0) is 22.5. The van der Waals surface area contributed by atoms with Crippen molar-refractivity contribution < 1.29 is 10.0 Å². The second-order valence-corrected chi connectivity index (χ2v) is 7.68. The van der Waals surface area contributed by atoms with Gasteiger partial charge in [-0.05, 0) is 18.2 Å². The van der Waals surface area contributed by atoms with Crippen LogP contribution in [0.2, 0.25) is 5.02 Å². The zero-order valence-corrected chi connectivity index (χ0v) is 17.7. The summed E-state index contributed by atoms with van der Waals surface area (Å²) in [5.74, 6) is -0.133. The van der Waals surface area contributed by atoms with E-state index in [0.29, 0.717) is 10.7 Å². The molecular weight excluding hydrogens is 452 g/mol. The Labute approximate surface area is 190 Å². The van der Waals surface area contributed by atoms with Crippen molar-refractivity contribution in [2.75, 3.05) is 0 Å². The van der Waals surface area contributed by atoms with Gasteiger partial charge in [-0.15, -0.1) is 20.4 Å². The quantitative estimate of drug-likeness (QED) is 0.148. The number of non-ortho nitro benzene ring substituents is 1. The van der Waals surface area contributed by atoms with Crippen molar-refractivity contribution in [1.82, 2.24) is 10.2 Å². The van der Waals surface area contributed by atoms with Crippen LogP contribution in [0.3, 0.4) is 0 Å². The summed E-state index contributed by atoms with van der Waals surface area (Å²) >= 11 is 7.34. The first-order valence-corrected chi connectivity index (χ1v) is 10.3. The van der Waals surface area contributed by atoms with Gasteiger partial charge in [0.1, 0.15) is 16.4 Å². The van der Waals surface area contributed by atoms with Gasteiger partial charge in [0.2, 0.25) is 5.13 Å². The van der Waals surface area contributed by atoms with Crippen LogP contribution in [0.1, 0.15) is 5.56 Å². The third-order valence-corrected chi connectivity index (χ3v) is 5.39. The number of aliphatic imine (C=N–C) groups is 1. The zero-order valence-electron chi connectivity index (χ0n) is 16.2. The monoisotopic (exact) mass is 464 g/mol. The molecule has 1 aromatic heterocycles. The molecule has 1 heterocycles. The molecule has 158 valence electrons. The highest BCUT2D eigenvalue weighted by Crippen LogP contribution is 2.34. The molecule has 0 fully saturated rings. The molecule has 0 aliphatic carbocycles. The molecule has 4 rings (SSSR count). The lowest BCUT2D eigenvalue weighted by Crippen LogP contribution is -1.86. The van der Waals surface area contributed by atoms with Crippen molar-refractivity contribution in [1.29, 1.82) is 0 Å². The van der Waals surface area contributed by atoms with Gasteiger partial charge in [-0.2, -0.15) is 0 Å². The van der Waals surface area contributed by atoms with E-state index in [4.69, 9.17) is 11.6 Å². The van der Waals surface area contributed by atoms with Crippen LogP contribution in [0, 0.1) is 10.1 Å². The minimum absolute atomic E-state index is 0.0747. The van der Waals surface area contributed by atoms with Gasteiger partial charge in [0.25, 0.3) is 5.69 Å². The molecule has 0 aliphatic rings. The first-order valence-electron chi connectivity index (χ1n) is 9.12. The molecule has 0 radical (unpaired) electrons. The number of para-hydroxylation sites is 1. The van der Waals surface area contributed by atoms with Gasteiger partial charge < -0.3 is 5.11 Å². The van der Waals surface area contributed by atoms with Gasteiger partial charge in [0.15, 0.2) is 5.75 Å². The van der Waals surface area contributed by atoms with Crippen LogP contribution in [-0.4, -0.2) is 26.4 Å². The van der Waals surface area contributed by atoms with Crippen molar-refractivity contribution in [3.05, 3.63) is 87.4 Å². The maximum Gasteiger partial charge on any atom is 0.271 e. The van der Waals surface area contributed by atoms with E-state index in [1.165, 1.54) is 35.8 Å². The van der Waals surface area contributed by atoms with Crippen molar-refractivity contribution in [3.63, 3.8) is 0 Å². The summed E-state index contributed by atoms with van der Waals surface area (Å²) in [6, 6.07) is 18.4. The van der Waals surface area contributed by atoms with E-state index in [1.807, 2.05) is 30.3 Å². The molecule has 0 bridgehead atoms. The van der Waals surface area contributed by atoms with Crippen LogP contribution in [0.5, 0.6) is 5.75 Å². The number of azo groups is 1. The Hall–Kier alpha value is -4.02. The Kier molecular flexibility index (Phi) is 6.24. The van der Waals surface area contributed by atoms with E-state index in [0.717, 1.165) is 10.6 Å². The Morgan fingerprint density at radius 1 is 1.00 bits per heavy atom. The number of benzene rings is 3. The van der Waals surface area contributed by atoms with E-state index in [-0.39, 0.29) is 27.8 Å². The fourth-order valence-electron chi connectivity index (χ4n) is 2.62. The van der Waals surface area contributed by atoms with E-state index < -0.39 is 4.92 Å². The minimum atomic E-state index is -0.553. The van der Waals surface area contributed by atoms with Crippen LogP contribution in [0.4, 0.5) is 22.2 Å². The number of rotatable bonds is 6. The number of nitro benzene ring substituents is 1. The summed E-state index contributed by atoms with van der Waals surface area (Å²) in [6.45, 7) is 0. The highest BCUT2D eigenvalue weighted by Gasteiger charge is 2.10. The SMILES string of the molecule is O=[N+]([O-])c1ccc(N=Nc2cccc(/C=N/c3nnc(-c4ccccc4)s3)c2O)c(Cl)c1. The Morgan fingerprint density at radius 3 is 2.53 bits per heavy atom. The van der Waals surface area contributed by atoms with Crippen molar-refractivity contribution in [2.45, 2.75) is 0 Å². The minimum Gasteiger partial charge on any atom is -0.505 e. The molecule has 0 saturated carbocycles. The fourth-order valence-corrected chi connectivity index (χ4v) is 3.53. The number of aromatic nitrogens is 2. The molecule has 0 saturated heterocycles. The Bertz CT molecular complexity index is 1340. The van der Waals surface area contributed by atoms with E-state index >= 15 is 0 Å². The highest BCUT2D eigenvalue weighted by molar-refractivity contribution is 7.18. The van der Waals surface area contributed by atoms with E-state index in [1.54, 1.807) is 18.2 Å². The fraction of sp³-hybridized carbons (Fsp3) is 0. The summed E-state index contributed by atoms with van der Waals surface area (Å²) in [6.07, 6.45) is 1.46. The van der Waals surface area contributed by atoms with Crippen molar-refractivity contribution in [2.24, 2.45) is 15.2 Å². The molecule has 11 heteroatoms. The van der Waals surface area contributed by atoms with Crippen LogP contribution in [-0.2, 0) is 0 Å².